The molecule has 1 aromatic carbocycles. The summed E-state index contributed by atoms with van der Waals surface area (Å²) < 4.78 is 4.86. The summed E-state index contributed by atoms with van der Waals surface area (Å²) >= 11 is 0. The van der Waals surface area contributed by atoms with Crippen LogP contribution in [-0.4, -0.2) is 28.3 Å². The van der Waals surface area contributed by atoms with Crippen LogP contribution in [-0.2, 0) is 4.74 Å². The molecule has 1 heterocycles. The zero-order valence-corrected chi connectivity index (χ0v) is 11.3. The number of rotatable bonds is 5. The number of pyridine rings is 1. The molecule has 0 saturated carbocycles. The van der Waals surface area contributed by atoms with Crippen LogP contribution in [0.1, 0.15) is 20.7 Å². The van der Waals surface area contributed by atoms with E-state index in [1.165, 1.54) is 42.6 Å². The molecule has 8 nitrogen and oxygen atoms in total. The molecule has 0 amide bonds. The highest BCUT2D eigenvalue weighted by Gasteiger charge is 2.15. The molecule has 2 aromatic rings. The third-order valence-corrected chi connectivity index (χ3v) is 2.79. The Bertz CT molecular complexity index is 728. The molecule has 22 heavy (non-hydrogen) atoms. The van der Waals surface area contributed by atoms with Crippen molar-refractivity contribution in [1.29, 1.82) is 0 Å². The Morgan fingerprint density at radius 2 is 1.91 bits per heavy atom. The SMILES string of the molecule is Nc1ncccc1C(=O)OCC(=O)c1ccc([N+](=O)[O-])cc1. The van der Waals surface area contributed by atoms with Crippen molar-refractivity contribution in [2.24, 2.45) is 0 Å². The number of nitro benzene ring substituents is 1. The van der Waals surface area contributed by atoms with Gasteiger partial charge >= 0.3 is 5.97 Å². The number of aromatic nitrogens is 1. The van der Waals surface area contributed by atoms with Gasteiger partial charge in [-0.2, -0.15) is 0 Å². The minimum Gasteiger partial charge on any atom is -0.454 e. The van der Waals surface area contributed by atoms with E-state index in [1.54, 1.807) is 0 Å². The first kappa shape index (κ1) is 15.1. The maximum atomic E-state index is 11.9. The highest BCUT2D eigenvalue weighted by atomic mass is 16.6. The molecule has 0 aliphatic rings. The molecule has 2 rings (SSSR count). The van der Waals surface area contributed by atoms with Gasteiger partial charge in [-0.15, -0.1) is 0 Å². The Kier molecular flexibility index (Phi) is 4.42. The van der Waals surface area contributed by atoms with E-state index in [0.717, 1.165) is 0 Å². The van der Waals surface area contributed by atoms with Gasteiger partial charge in [-0.25, -0.2) is 9.78 Å². The maximum absolute atomic E-state index is 11.9. The van der Waals surface area contributed by atoms with Crippen LogP contribution in [0.2, 0.25) is 0 Å². The van der Waals surface area contributed by atoms with Crippen molar-refractivity contribution in [3.05, 3.63) is 63.8 Å². The van der Waals surface area contributed by atoms with E-state index in [4.69, 9.17) is 10.5 Å². The normalized spacial score (nSPS) is 10.0. The number of nitrogen functional groups attached to an aromatic ring is 1. The highest BCUT2D eigenvalue weighted by molar-refractivity contribution is 6.00. The molecule has 0 aliphatic carbocycles. The third-order valence-electron chi connectivity index (χ3n) is 2.79. The number of hydrogen-bond acceptors (Lipinski definition) is 7. The van der Waals surface area contributed by atoms with Gasteiger partial charge < -0.3 is 10.5 Å². The van der Waals surface area contributed by atoms with Crippen molar-refractivity contribution >= 4 is 23.3 Å². The number of benzene rings is 1. The molecule has 1 aromatic heterocycles. The van der Waals surface area contributed by atoms with E-state index in [1.807, 2.05) is 0 Å². The Morgan fingerprint density at radius 3 is 2.50 bits per heavy atom. The fourth-order valence-corrected chi connectivity index (χ4v) is 1.65. The van der Waals surface area contributed by atoms with E-state index in [-0.39, 0.29) is 22.6 Å². The number of Topliss-reactive ketones (excluding diaryl/α,β-unsaturated/α-hetero) is 1. The Hall–Kier alpha value is -3.29. The maximum Gasteiger partial charge on any atom is 0.342 e. The molecular formula is C14H11N3O5. The lowest BCUT2D eigenvalue weighted by molar-refractivity contribution is -0.384. The monoisotopic (exact) mass is 301 g/mol. The van der Waals surface area contributed by atoms with Crippen molar-refractivity contribution in [2.45, 2.75) is 0 Å². The number of hydrogen-bond donors (Lipinski definition) is 1. The number of anilines is 1. The molecule has 0 spiro atoms. The highest BCUT2D eigenvalue weighted by Crippen LogP contribution is 2.13. The molecule has 0 aliphatic heterocycles. The van der Waals surface area contributed by atoms with Gasteiger partial charge in [-0.3, -0.25) is 14.9 Å². The number of ketones is 1. The van der Waals surface area contributed by atoms with Crippen LogP contribution in [0.4, 0.5) is 11.5 Å². The third kappa shape index (κ3) is 3.42. The summed E-state index contributed by atoms with van der Waals surface area (Å²) in [6.45, 7) is -0.495. The second kappa shape index (κ2) is 6.44. The summed E-state index contributed by atoms with van der Waals surface area (Å²) in [5.41, 5.74) is 5.67. The van der Waals surface area contributed by atoms with E-state index >= 15 is 0 Å². The van der Waals surface area contributed by atoms with Gasteiger partial charge in [0.25, 0.3) is 5.69 Å². The molecule has 0 atom stereocenters. The number of nitrogens with zero attached hydrogens (tertiary/aromatic N) is 2. The summed E-state index contributed by atoms with van der Waals surface area (Å²) in [4.78, 5) is 37.3. The van der Waals surface area contributed by atoms with Crippen LogP contribution in [0.25, 0.3) is 0 Å². The molecule has 0 fully saturated rings. The first-order valence-electron chi connectivity index (χ1n) is 6.14. The van der Waals surface area contributed by atoms with E-state index in [9.17, 15) is 19.7 Å². The van der Waals surface area contributed by atoms with E-state index < -0.39 is 23.3 Å². The van der Waals surface area contributed by atoms with Gasteiger partial charge in [0.05, 0.1) is 4.92 Å². The largest absolute Gasteiger partial charge is 0.454 e. The first-order chi connectivity index (χ1) is 10.5. The average molecular weight is 301 g/mol. The first-order valence-corrected chi connectivity index (χ1v) is 6.14. The van der Waals surface area contributed by atoms with Crippen molar-refractivity contribution in [3.63, 3.8) is 0 Å². The van der Waals surface area contributed by atoms with Gasteiger partial charge in [0, 0.05) is 23.9 Å². The summed E-state index contributed by atoms with van der Waals surface area (Å²) in [6, 6.07) is 7.95. The van der Waals surface area contributed by atoms with Crippen LogP contribution in [0.15, 0.2) is 42.6 Å². The van der Waals surface area contributed by atoms with Gasteiger partial charge in [0.15, 0.2) is 12.4 Å². The number of esters is 1. The van der Waals surface area contributed by atoms with Gasteiger partial charge in [-0.05, 0) is 24.3 Å². The minimum atomic E-state index is -0.763. The summed E-state index contributed by atoms with van der Waals surface area (Å²) in [7, 11) is 0. The average Bonchev–Trinajstić information content (AvgIpc) is 2.52. The number of non-ortho nitro benzene ring substituents is 1. The lowest BCUT2D eigenvalue weighted by Gasteiger charge is -2.05. The molecule has 2 N–H and O–H groups in total. The summed E-state index contributed by atoms with van der Waals surface area (Å²) in [5, 5.41) is 10.5. The van der Waals surface area contributed by atoms with Crippen molar-refractivity contribution in [1.82, 2.24) is 4.98 Å². The molecular weight excluding hydrogens is 290 g/mol. The van der Waals surface area contributed by atoms with Crippen molar-refractivity contribution in [3.8, 4) is 0 Å². The van der Waals surface area contributed by atoms with Gasteiger partial charge in [0.1, 0.15) is 11.4 Å². The second-order valence-electron chi connectivity index (χ2n) is 4.24. The smallest absolute Gasteiger partial charge is 0.342 e. The fourth-order valence-electron chi connectivity index (χ4n) is 1.65. The molecule has 0 bridgehead atoms. The predicted molar refractivity (Wildman–Crippen MR) is 76.4 cm³/mol. The summed E-state index contributed by atoms with van der Waals surface area (Å²) in [6.07, 6.45) is 1.42. The van der Waals surface area contributed by atoms with Crippen LogP contribution < -0.4 is 5.73 Å². The fraction of sp³-hybridized carbons (Fsp3) is 0.0714. The van der Waals surface area contributed by atoms with Crippen LogP contribution >= 0.6 is 0 Å². The van der Waals surface area contributed by atoms with Gasteiger partial charge in [0.2, 0.25) is 0 Å². The summed E-state index contributed by atoms with van der Waals surface area (Å²) in [5.74, 6) is -1.23. The predicted octanol–water partition coefficient (Wildman–Crippen LogP) is 1.61. The number of carbonyl (C=O) groups excluding carboxylic acids is 2. The zero-order chi connectivity index (χ0) is 16.1. The number of nitrogens with two attached hydrogens (primary N) is 1. The topological polar surface area (TPSA) is 125 Å². The van der Waals surface area contributed by atoms with Crippen molar-refractivity contribution in [2.75, 3.05) is 12.3 Å². The Labute approximate surface area is 124 Å². The van der Waals surface area contributed by atoms with Crippen LogP contribution in [0, 0.1) is 10.1 Å². The molecule has 8 heteroatoms. The Morgan fingerprint density at radius 1 is 1.23 bits per heavy atom. The van der Waals surface area contributed by atoms with Crippen molar-refractivity contribution < 1.29 is 19.2 Å². The molecule has 0 unspecified atom stereocenters. The number of carbonyl (C=O) groups is 2. The van der Waals surface area contributed by atoms with Gasteiger partial charge in [-0.1, -0.05) is 0 Å². The molecule has 0 radical (unpaired) electrons. The molecule has 0 saturated heterocycles. The van der Waals surface area contributed by atoms with E-state index in [0.29, 0.717) is 0 Å². The number of nitro groups is 1. The lowest BCUT2D eigenvalue weighted by Crippen LogP contribution is -2.15. The molecule has 112 valence electrons. The Balaban J connectivity index is 1.99. The van der Waals surface area contributed by atoms with Crippen LogP contribution in [0.5, 0.6) is 0 Å². The number of ether oxygens (including phenoxy) is 1. The standard InChI is InChI=1S/C14H11N3O5/c15-13-11(2-1-7-16-13)14(19)22-8-12(18)9-3-5-10(6-4-9)17(20)21/h1-7H,8H2,(H2,15,16). The zero-order valence-electron chi connectivity index (χ0n) is 11.3. The minimum absolute atomic E-state index is 0.00952. The second-order valence-corrected chi connectivity index (χ2v) is 4.24. The quantitative estimate of drug-likeness (QED) is 0.385. The lowest BCUT2D eigenvalue weighted by atomic mass is 10.1. The van der Waals surface area contributed by atoms with E-state index in [2.05, 4.69) is 4.98 Å². The van der Waals surface area contributed by atoms with Crippen LogP contribution in [0.3, 0.4) is 0 Å².